The van der Waals surface area contributed by atoms with Gasteiger partial charge in [0.1, 0.15) is 4.21 Å². The Morgan fingerprint density at radius 2 is 2.00 bits per heavy atom. The fourth-order valence-electron chi connectivity index (χ4n) is 1.36. The van der Waals surface area contributed by atoms with Gasteiger partial charge in [0, 0.05) is 18.5 Å². The van der Waals surface area contributed by atoms with Gasteiger partial charge in [0.05, 0.1) is 10.6 Å². The SMILES string of the molecule is NNc1sc(S(=O)(=O)Nc2ccncc2)cc1[N+](=O)[O-]. The van der Waals surface area contributed by atoms with Crippen molar-refractivity contribution in [2.24, 2.45) is 5.84 Å². The van der Waals surface area contributed by atoms with E-state index in [1.54, 1.807) is 0 Å². The van der Waals surface area contributed by atoms with E-state index in [-0.39, 0.29) is 9.21 Å². The van der Waals surface area contributed by atoms with Gasteiger partial charge in [-0.2, -0.15) is 0 Å². The number of thiophene rings is 1. The van der Waals surface area contributed by atoms with Crippen LogP contribution in [0.4, 0.5) is 16.4 Å². The molecule has 0 amide bonds. The third-order valence-corrected chi connectivity index (χ3v) is 5.13. The molecular formula is C9H9N5O4S2. The van der Waals surface area contributed by atoms with Gasteiger partial charge < -0.3 is 5.43 Å². The molecule has 20 heavy (non-hydrogen) atoms. The zero-order valence-electron chi connectivity index (χ0n) is 9.81. The first kappa shape index (κ1) is 14.2. The lowest BCUT2D eigenvalue weighted by molar-refractivity contribution is -0.383. The molecule has 0 spiro atoms. The number of hydrogen-bond donors (Lipinski definition) is 3. The number of nitrogens with two attached hydrogens (primary N) is 1. The fourth-order valence-corrected chi connectivity index (χ4v) is 3.65. The Morgan fingerprint density at radius 1 is 1.35 bits per heavy atom. The van der Waals surface area contributed by atoms with E-state index in [4.69, 9.17) is 5.84 Å². The minimum Gasteiger partial charge on any atom is -0.310 e. The van der Waals surface area contributed by atoms with Gasteiger partial charge in [0.15, 0.2) is 5.00 Å². The molecule has 9 nitrogen and oxygen atoms in total. The van der Waals surface area contributed by atoms with Crippen molar-refractivity contribution in [3.63, 3.8) is 0 Å². The third-order valence-electron chi connectivity index (χ3n) is 2.22. The van der Waals surface area contributed by atoms with Crippen molar-refractivity contribution in [2.45, 2.75) is 4.21 Å². The highest BCUT2D eigenvalue weighted by Crippen LogP contribution is 2.36. The smallest absolute Gasteiger partial charge is 0.306 e. The van der Waals surface area contributed by atoms with Crippen molar-refractivity contribution >= 4 is 37.7 Å². The molecule has 2 aromatic heterocycles. The number of sulfonamides is 1. The summed E-state index contributed by atoms with van der Waals surface area (Å²) in [4.78, 5) is 13.8. The Labute approximate surface area is 117 Å². The molecule has 4 N–H and O–H groups in total. The zero-order valence-corrected chi connectivity index (χ0v) is 11.4. The maximum Gasteiger partial charge on any atom is 0.306 e. The van der Waals surface area contributed by atoms with E-state index in [1.807, 2.05) is 0 Å². The first-order valence-electron chi connectivity index (χ1n) is 5.12. The Hall–Kier alpha value is -2.24. The van der Waals surface area contributed by atoms with Crippen LogP contribution in [-0.4, -0.2) is 18.3 Å². The van der Waals surface area contributed by atoms with Crippen molar-refractivity contribution in [1.82, 2.24) is 4.98 Å². The quantitative estimate of drug-likeness (QED) is 0.427. The highest BCUT2D eigenvalue weighted by atomic mass is 32.2. The van der Waals surface area contributed by atoms with Gasteiger partial charge in [-0.1, -0.05) is 11.3 Å². The second kappa shape index (κ2) is 5.40. The average molecular weight is 315 g/mol. The summed E-state index contributed by atoms with van der Waals surface area (Å²) in [6.45, 7) is 0. The van der Waals surface area contributed by atoms with Crippen molar-refractivity contribution in [1.29, 1.82) is 0 Å². The van der Waals surface area contributed by atoms with Crippen LogP contribution in [0.3, 0.4) is 0 Å². The Kier molecular flexibility index (Phi) is 3.83. The van der Waals surface area contributed by atoms with E-state index < -0.39 is 20.6 Å². The summed E-state index contributed by atoms with van der Waals surface area (Å²) in [7, 11) is -3.92. The third kappa shape index (κ3) is 2.84. The van der Waals surface area contributed by atoms with Crippen molar-refractivity contribution in [3.05, 3.63) is 40.7 Å². The van der Waals surface area contributed by atoms with E-state index >= 15 is 0 Å². The van der Waals surface area contributed by atoms with Crippen molar-refractivity contribution in [3.8, 4) is 0 Å². The number of aromatic nitrogens is 1. The molecule has 0 unspecified atom stereocenters. The zero-order chi connectivity index (χ0) is 14.8. The molecule has 0 saturated carbocycles. The topological polar surface area (TPSA) is 140 Å². The predicted molar refractivity (Wildman–Crippen MR) is 73.8 cm³/mol. The number of hydrogen-bond acceptors (Lipinski definition) is 8. The van der Waals surface area contributed by atoms with E-state index in [9.17, 15) is 18.5 Å². The number of nitrogens with one attached hydrogen (secondary N) is 2. The summed E-state index contributed by atoms with van der Waals surface area (Å²) in [6.07, 6.45) is 2.84. The molecule has 2 aromatic rings. The molecule has 106 valence electrons. The van der Waals surface area contributed by atoms with Crippen LogP contribution in [0.2, 0.25) is 0 Å². The normalized spacial score (nSPS) is 11.1. The van der Waals surface area contributed by atoms with Crippen LogP contribution in [-0.2, 0) is 10.0 Å². The summed E-state index contributed by atoms with van der Waals surface area (Å²) < 4.78 is 26.3. The fraction of sp³-hybridized carbons (Fsp3) is 0. The molecule has 0 saturated heterocycles. The largest absolute Gasteiger partial charge is 0.310 e. The lowest BCUT2D eigenvalue weighted by Gasteiger charge is -2.04. The number of nitrogen functional groups attached to an aromatic ring is 1. The van der Waals surface area contributed by atoms with Crippen LogP contribution in [0.1, 0.15) is 0 Å². The molecule has 0 atom stereocenters. The molecule has 0 aliphatic rings. The molecular weight excluding hydrogens is 306 g/mol. The molecule has 0 fully saturated rings. The van der Waals surface area contributed by atoms with E-state index in [0.29, 0.717) is 17.0 Å². The molecule has 11 heteroatoms. The molecule has 2 rings (SSSR count). The van der Waals surface area contributed by atoms with E-state index in [2.05, 4.69) is 15.1 Å². The molecule has 0 bridgehead atoms. The molecule has 0 radical (unpaired) electrons. The Bertz CT molecular complexity index is 728. The maximum absolute atomic E-state index is 12.1. The number of rotatable bonds is 5. The molecule has 0 aliphatic heterocycles. The lowest BCUT2D eigenvalue weighted by Crippen LogP contribution is -2.11. The second-order valence-electron chi connectivity index (χ2n) is 3.52. The Morgan fingerprint density at radius 3 is 2.50 bits per heavy atom. The van der Waals surface area contributed by atoms with Crippen molar-refractivity contribution < 1.29 is 13.3 Å². The highest BCUT2D eigenvalue weighted by Gasteiger charge is 2.25. The van der Waals surface area contributed by atoms with Crippen LogP contribution in [0.15, 0.2) is 34.8 Å². The van der Waals surface area contributed by atoms with Crippen LogP contribution < -0.4 is 16.0 Å². The maximum atomic E-state index is 12.1. The Balaban J connectivity index is 2.37. The minimum atomic E-state index is -3.92. The predicted octanol–water partition coefficient (Wildman–Crippen LogP) is 1.14. The standard InChI is InChI=1S/C9H9N5O4S2/c10-12-9-7(14(15)16)5-8(19-9)20(17,18)13-6-1-3-11-4-2-6/h1-5,12H,10H2,(H,11,13). The molecule has 0 aromatic carbocycles. The molecule has 2 heterocycles. The first-order valence-corrected chi connectivity index (χ1v) is 7.41. The van der Waals surface area contributed by atoms with Crippen LogP contribution in [0.5, 0.6) is 0 Å². The van der Waals surface area contributed by atoms with Gasteiger partial charge in [-0.3, -0.25) is 19.8 Å². The van der Waals surface area contributed by atoms with Gasteiger partial charge >= 0.3 is 5.69 Å². The summed E-state index contributed by atoms with van der Waals surface area (Å²) >= 11 is 0.670. The monoisotopic (exact) mass is 315 g/mol. The van der Waals surface area contributed by atoms with Gasteiger partial charge in [-0.05, 0) is 12.1 Å². The van der Waals surface area contributed by atoms with E-state index in [1.165, 1.54) is 24.5 Å². The van der Waals surface area contributed by atoms with Crippen LogP contribution >= 0.6 is 11.3 Å². The number of nitrogens with zero attached hydrogens (tertiary/aromatic N) is 2. The summed E-state index contributed by atoms with van der Waals surface area (Å²) in [5, 5.41) is 10.7. The minimum absolute atomic E-state index is 0.0369. The van der Waals surface area contributed by atoms with Gasteiger partial charge in [-0.25, -0.2) is 14.3 Å². The van der Waals surface area contributed by atoms with Crippen molar-refractivity contribution in [2.75, 3.05) is 10.1 Å². The summed E-state index contributed by atoms with van der Waals surface area (Å²) in [5.41, 5.74) is 2.02. The second-order valence-corrected chi connectivity index (χ2v) is 6.48. The average Bonchev–Trinajstić information content (AvgIpc) is 2.84. The first-order chi connectivity index (χ1) is 9.44. The summed E-state index contributed by atoms with van der Waals surface area (Å²) in [6, 6.07) is 3.87. The van der Waals surface area contributed by atoms with Gasteiger partial charge in [-0.15, -0.1) is 0 Å². The van der Waals surface area contributed by atoms with Gasteiger partial charge in [0.25, 0.3) is 10.0 Å². The molecule has 0 aliphatic carbocycles. The lowest BCUT2D eigenvalue weighted by atomic mass is 10.4. The van der Waals surface area contributed by atoms with Crippen LogP contribution in [0, 0.1) is 10.1 Å². The van der Waals surface area contributed by atoms with Crippen LogP contribution in [0.25, 0.3) is 0 Å². The highest BCUT2D eigenvalue weighted by molar-refractivity contribution is 7.94. The van der Waals surface area contributed by atoms with E-state index in [0.717, 1.165) is 6.07 Å². The number of anilines is 2. The number of hydrazine groups is 1. The number of nitro groups is 1. The summed E-state index contributed by atoms with van der Waals surface area (Å²) in [5.74, 6) is 5.13. The number of pyridine rings is 1. The van der Waals surface area contributed by atoms with Gasteiger partial charge in [0.2, 0.25) is 0 Å².